The average molecular weight is 332 g/mol. The molecule has 1 aliphatic heterocycles. The normalized spacial score (nSPS) is 26.3. The molecule has 0 aliphatic carbocycles. The Morgan fingerprint density at radius 3 is 2.48 bits per heavy atom. The maximum Gasteiger partial charge on any atom is 0.370 e. The Hall–Kier alpha value is -2.37. The Kier molecular flexibility index (Phi) is 6.30. The van der Waals surface area contributed by atoms with E-state index in [0.717, 1.165) is 6.08 Å². The lowest BCUT2D eigenvalue weighted by Gasteiger charge is -2.38. The van der Waals surface area contributed by atoms with E-state index in [2.05, 4.69) is 10.3 Å². The summed E-state index contributed by atoms with van der Waals surface area (Å²) in [6, 6.07) is -2.11. The monoisotopic (exact) mass is 332 g/mol. The summed E-state index contributed by atoms with van der Waals surface area (Å²) in [5.74, 6) is -2.89. The van der Waals surface area contributed by atoms with Crippen LogP contribution in [0.1, 0.15) is 6.92 Å². The number of aliphatic hydroxyl groups is 3. The zero-order chi connectivity index (χ0) is 17.7. The molecule has 9 N–H and O–H groups in total. The fraction of sp³-hybridized carbons (Fsp3) is 0.583. The van der Waals surface area contributed by atoms with Gasteiger partial charge in [0.25, 0.3) is 0 Å². The second kappa shape index (κ2) is 7.76. The smallest absolute Gasteiger partial charge is 0.370 e. The molecule has 11 heteroatoms. The molecule has 0 aromatic rings. The van der Waals surface area contributed by atoms with Crippen LogP contribution in [0.15, 0.2) is 16.8 Å². The van der Waals surface area contributed by atoms with E-state index >= 15 is 0 Å². The van der Waals surface area contributed by atoms with Crippen LogP contribution < -0.4 is 16.8 Å². The number of carbonyl (C=O) groups is 2. The molecule has 5 atom stereocenters. The van der Waals surface area contributed by atoms with Crippen molar-refractivity contribution in [2.45, 2.75) is 37.3 Å². The first-order valence-electron chi connectivity index (χ1n) is 6.62. The van der Waals surface area contributed by atoms with Gasteiger partial charge in [-0.1, -0.05) is 0 Å². The third-order valence-corrected chi connectivity index (χ3v) is 3.10. The van der Waals surface area contributed by atoms with Gasteiger partial charge < -0.3 is 41.9 Å². The van der Waals surface area contributed by atoms with Crippen molar-refractivity contribution in [3.63, 3.8) is 0 Å². The van der Waals surface area contributed by atoms with Gasteiger partial charge >= 0.3 is 5.97 Å². The quantitative estimate of drug-likeness (QED) is 0.188. The number of aliphatic carboxylic acids is 1. The highest BCUT2D eigenvalue weighted by Crippen LogP contribution is 2.24. The second-order valence-corrected chi connectivity index (χ2v) is 4.93. The maximum atomic E-state index is 11.4. The summed E-state index contributed by atoms with van der Waals surface area (Å²) in [4.78, 5) is 26.3. The molecule has 1 rings (SSSR count). The third kappa shape index (κ3) is 4.81. The van der Waals surface area contributed by atoms with Crippen molar-refractivity contribution in [3.05, 3.63) is 11.8 Å². The van der Waals surface area contributed by atoms with E-state index in [9.17, 15) is 19.8 Å². The first-order chi connectivity index (χ1) is 10.7. The summed E-state index contributed by atoms with van der Waals surface area (Å²) >= 11 is 0. The molecule has 1 heterocycles. The van der Waals surface area contributed by atoms with Gasteiger partial charge in [0.15, 0.2) is 5.96 Å². The van der Waals surface area contributed by atoms with Crippen LogP contribution in [0.5, 0.6) is 0 Å². The maximum absolute atomic E-state index is 11.4. The third-order valence-electron chi connectivity index (χ3n) is 3.10. The van der Waals surface area contributed by atoms with Crippen LogP contribution >= 0.6 is 0 Å². The molecule has 0 spiro atoms. The van der Waals surface area contributed by atoms with Crippen molar-refractivity contribution in [2.24, 2.45) is 16.5 Å². The summed E-state index contributed by atoms with van der Waals surface area (Å²) in [6.45, 7) is 0.391. The van der Waals surface area contributed by atoms with Gasteiger partial charge in [-0.3, -0.25) is 4.79 Å². The molecule has 0 bridgehead atoms. The van der Waals surface area contributed by atoms with Gasteiger partial charge in [0.2, 0.25) is 11.7 Å². The van der Waals surface area contributed by atoms with Crippen LogP contribution in [0.4, 0.5) is 0 Å². The Bertz CT molecular complexity index is 518. The van der Waals surface area contributed by atoms with E-state index in [1.165, 1.54) is 6.92 Å². The number of amides is 1. The minimum atomic E-state index is -1.70. The topological polar surface area (TPSA) is 201 Å². The highest BCUT2D eigenvalue weighted by molar-refractivity contribution is 5.85. The molecule has 0 aromatic heterocycles. The molecule has 1 amide bonds. The van der Waals surface area contributed by atoms with Gasteiger partial charge in [-0.05, 0) is 6.08 Å². The molecule has 0 fully saturated rings. The van der Waals surface area contributed by atoms with Crippen molar-refractivity contribution in [1.82, 2.24) is 5.32 Å². The molecule has 0 radical (unpaired) electrons. The number of hydrogen-bond acceptors (Lipinski definition) is 7. The molecule has 0 saturated heterocycles. The fourth-order valence-corrected chi connectivity index (χ4v) is 2.14. The van der Waals surface area contributed by atoms with Gasteiger partial charge in [0.05, 0.1) is 18.7 Å². The van der Waals surface area contributed by atoms with E-state index in [-0.39, 0.29) is 5.96 Å². The zero-order valence-electron chi connectivity index (χ0n) is 12.3. The van der Waals surface area contributed by atoms with Gasteiger partial charge in [-0.2, -0.15) is 0 Å². The van der Waals surface area contributed by atoms with E-state index in [0.29, 0.717) is 0 Å². The van der Waals surface area contributed by atoms with Crippen molar-refractivity contribution in [1.29, 1.82) is 0 Å². The molecule has 0 saturated carbocycles. The summed E-state index contributed by atoms with van der Waals surface area (Å²) in [7, 11) is 0. The number of carboxylic acid groups (broad SMARTS) is 1. The minimum Gasteiger partial charge on any atom is -0.478 e. The molecule has 0 unspecified atom stereocenters. The lowest BCUT2D eigenvalue weighted by molar-refractivity contribution is -0.145. The van der Waals surface area contributed by atoms with Gasteiger partial charge in [0.1, 0.15) is 18.3 Å². The summed E-state index contributed by atoms with van der Waals surface area (Å²) in [5.41, 5.74) is 10.6. The van der Waals surface area contributed by atoms with Crippen molar-refractivity contribution < 1.29 is 34.8 Å². The first kappa shape index (κ1) is 18.7. The van der Waals surface area contributed by atoms with Gasteiger partial charge in [-0.15, -0.1) is 0 Å². The highest BCUT2D eigenvalue weighted by Gasteiger charge is 2.43. The summed E-state index contributed by atoms with van der Waals surface area (Å²) in [6.07, 6.45) is -3.65. The summed E-state index contributed by atoms with van der Waals surface area (Å²) < 4.78 is 5.13. The molecular weight excluding hydrogens is 312 g/mol. The van der Waals surface area contributed by atoms with Crippen molar-refractivity contribution in [2.75, 3.05) is 6.61 Å². The summed E-state index contributed by atoms with van der Waals surface area (Å²) in [5, 5.41) is 40.1. The number of rotatable bonds is 6. The van der Waals surface area contributed by atoms with Gasteiger partial charge in [-0.25, -0.2) is 9.79 Å². The van der Waals surface area contributed by atoms with Gasteiger partial charge in [0, 0.05) is 6.92 Å². The first-order valence-corrected chi connectivity index (χ1v) is 6.62. The van der Waals surface area contributed by atoms with Crippen LogP contribution in [-0.4, -0.2) is 75.3 Å². The molecule has 11 nitrogen and oxygen atoms in total. The number of nitrogens with two attached hydrogens (primary N) is 2. The predicted molar refractivity (Wildman–Crippen MR) is 76.9 cm³/mol. The van der Waals surface area contributed by atoms with E-state index in [4.69, 9.17) is 26.4 Å². The largest absolute Gasteiger partial charge is 0.478 e. The molecule has 0 aromatic carbocycles. The average Bonchev–Trinajstić information content (AvgIpc) is 2.45. The lowest BCUT2D eigenvalue weighted by Crippen LogP contribution is -2.59. The molecule has 23 heavy (non-hydrogen) atoms. The van der Waals surface area contributed by atoms with E-state index in [1.807, 2.05) is 0 Å². The zero-order valence-corrected chi connectivity index (χ0v) is 12.3. The number of ether oxygens (including phenoxy) is 1. The van der Waals surface area contributed by atoms with Crippen LogP contribution in [-0.2, 0) is 14.3 Å². The molecular formula is C12H20N4O7. The number of hydrogen-bond donors (Lipinski definition) is 7. The molecule has 130 valence electrons. The van der Waals surface area contributed by atoms with Crippen molar-refractivity contribution >= 4 is 17.8 Å². The van der Waals surface area contributed by atoms with Crippen LogP contribution in [0, 0.1) is 0 Å². The van der Waals surface area contributed by atoms with E-state index in [1.54, 1.807) is 0 Å². The number of nitrogens with one attached hydrogen (secondary N) is 1. The number of aliphatic hydroxyl groups excluding tert-OH is 3. The number of carbonyl (C=O) groups excluding carboxylic acids is 1. The van der Waals surface area contributed by atoms with Crippen LogP contribution in [0.25, 0.3) is 0 Å². The van der Waals surface area contributed by atoms with Crippen molar-refractivity contribution in [3.8, 4) is 0 Å². The molecule has 1 aliphatic rings. The number of guanidine groups is 1. The fourth-order valence-electron chi connectivity index (χ4n) is 2.14. The Labute approximate surface area is 131 Å². The highest BCUT2D eigenvalue weighted by atomic mass is 16.5. The van der Waals surface area contributed by atoms with Crippen LogP contribution in [0.3, 0.4) is 0 Å². The van der Waals surface area contributed by atoms with Crippen LogP contribution in [0.2, 0.25) is 0 Å². The number of carboxylic acids is 1. The second-order valence-electron chi connectivity index (χ2n) is 4.93. The Morgan fingerprint density at radius 2 is 2.04 bits per heavy atom. The van der Waals surface area contributed by atoms with E-state index < -0.39 is 54.6 Å². The Morgan fingerprint density at radius 1 is 1.43 bits per heavy atom. The standard InChI is InChI=1S/C12H20N4O7/c1-4(18)15-8-5(16-12(13)14)2-7(11(21)22)23-10(8)9(20)6(19)3-17/h2,5-6,8-10,17,19-20H,3H2,1H3,(H,15,18)(H,21,22)(H4,13,14,16)/t5-,6-,8-,9-,10+/m1/s1. The minimum absolute atomic E-state index is 0.371. The predicted octanol–water partition coefficient (Wildman–Crippen LogP) is -3.79. The number of aliphatic imine (C=N–C) groups is 1. The number of nitrogens with zero attached hydrogens (tertiary/aromatic N) is 1. The Balaban J connectivity index is 3.28. The lowest BCUT2D eigenvalue weighted by atomic mass is 9.92. The SMILES string of the molecule is CC(=O)N[C@H]1[C@@H]([C@H](O)[C@H](O)CO)OC(C(=O)O)=C[C@H]1N=C(N)N.